The van der Waals surface area contributed by atoms with E-state index in [-0.39, 0.29) is 0 Å². The molecule has 0 saturated carbocycles. The Hall–Kier alpha value is -1.56. The number of benzene rings is 1. The van der Waals surface area contributed by atoms with Gasteiger partial charge >= 0.3 is 0 Å². The highest BCUT2D eigenvalue weighted by Gasteiger charge is 2.17. The minimum absolute atomic E-state index is 1.000. The van der Waals surface area contributed by atoms with Gasteiger partial charge in [-0.3, -0.25) is 0 Å². The molecule has 0 N–H and O–H groups in total. The molecule has 0 heteroatoms. The van der Waals surface area contributed by atoms with Crippen molar-refractivity contribution in [1.82, 2.24) is 0 Å². The molecular formula is C14H14. The topological polar surface area (TPSA) is 0 Å². The molecule has 0 atom stereocenters. The van der Waals surface area contributed by atoms with Gasteiger partial charge in [0.1, 0.15) is 0 Å². The minimum atomic E-state index is 1.000. The summed E-state index contributed by atoms with van der Waals surface area (Å²) in [6, 6.07) is 8.52. The van der Waals surface area contributed by atoms with Crippen LogP contribution in [0.1, 0.15) is 18.1 Å². The zero-order valence-electron chi connectivity index (χ0n) is 8.46. The molecule has 0 saturated heterocycles. The number of allylic oxidation sites excluding steroid dienone is 5. The molecule has 2 rings (SSSR count). The molecule has 0 unspecified atom stereocenters. The van der Waals surface area contributed by atoms with Crippen molar-refractivity contribution in [2.75, 3.05) is 0 Å². The fourth-order valence-corrected chi connectivity index (χ4v) is 1.85. The van der Waals surface area contributed by atoms with Gasteiger partial charge in [-0.15, -0.1) is 0 Å². The zero-order valence-corrected chi connectivity index (χ0v) is 8.46. The summed E-state index contributed by atoms with van der Waals surface area (Å²) >= 11 is 0. The van der Waals surface area contributed by atoms with E-state index in [0.29, 0.717) is 0 Å². The van der Waals surface area contributed by atoms with Crippen molar-refractivity contribution < 1.29 is 0 Å². The minimum Gasteiger partial charge on any atom is -0.0949 e. The van der Waals surface area contributed by atoms with Crippen molar-refractivity contribution in [3.63, 3.8) is 0 Å². The molecule has 1 aromatic carbocycles. The second kappa shape index (κ2) is 3.67. The number of hydrogen-bond donors (Lipinski definition) is 0. The highest BCUT2D eigenvalue weighted by atomic mass is 14.2. The first-order valence-electron chi connectivity index (χ1n) is 4.92. The maximum absolute atomic E-state index is 4.10. The Morgan fingerprint density at radius 2 is 2.07 bits per heavy atom. The quantitative estimate of drug-likeness (QED) is 0.620. The molecule has 1 aromatic rings. The van der Waals surface area contributed by atoms with Gasteiger partial charge in [0.25, 0.3) is 0 Å². The first-order chi connectivity index (χ1) is 6.83. The van der Waals surface area contributed by atoms with Crippen molar-refractivity contribution in [3.05, 3.63) is 65.8 Å². The van der Waals surface area contributed by atoms with E-state index >= 15 is 0 Å². The van der Waals surface area contributed by atoms with Gasteiger partial charge in [0, 0.05) is 0 Å². The van der Waals surface area contributed by atoms with Crippen LogP contribution in [0.4, 0.5) is 0 Å². The smallest absolute Gasteiger partial charge is 0.00193 e. The summed E-state index contributed by atoms with van der Waals surface area (Å²) < 4.78 is 0. The van der Waals surface area contributed by atoms with E-state index in [1.165, 1.54) is 22.3 Å². The molecule has 0 heterocycles. The third-order valence-corrected chi connectivity index (χ3v) is 2.55. The van der Waals surface area contributed by atoms with Crippen molar-refractivity contribution in [2.45, 2.75) is 13.3 Å². The van der Waals surface area contributed by atoms with Crippen LogP contribution >= 0.6 is 0 Å². The van der Waals surface area contributed by atoms with E-state index in [2.05, 4.69) is 43.0 Å². The monoisotopic (exact) mass is 182 g/mol. The van der Waals surface area contributed by atoms with Gasteiger partial charge in [-0.2, -0.15) is 0 Å². The normalized spacial score (nSPS) is 18.1. The van der Waals surface area contributed by atoms with Crippen molar-refractivity contribution in [1.29, 1.82) is 0 Å². The van der Waals surface area contributed by atoms with Crippen molar-refractivity contribution in [3.8, 4) is 0 Å². The van der Waals surface area contributed by atoms with Crippen LogP contribution in [0.2, 0.25) is 0 Å². The maximum atomic E-state index is 4.10. The van der Waals surface area contributed by atoms with Crippen molar-refractivity contribution in [2.24, 2.45) is 0 Å². The third-order valence-electron chi connectivity index (χ3n) is 2.55. The van der Waals surface area contributed by atoms with E-state index in [1.807, 2.05) is 13.0 Å². The highest BCUT2D eigenvalue weighted by Crippen LogP contribution is 2.35. The van der Waals surface area contributed by atoms with Crippen molar-refractivity contribution >= 4 is 5.57 Å². The van der Waals surface area contributed by atoms with E-state index in [9.17, 15) is 0 Å². The van der Waals surface area contributed by atoms with Gasteiger partial charge in [-0.25, -0.2) is 0 Å². The molecule has 1 aliphatic carbocycles. The summed E-state index contributed by atoms with van der Waals surface area (Å²) in [5.41, 5.74) is 5.26. The molecule has 14 heavy (non-hydrogen) atoms. The second-order valence-electron chi connectivity index (χ2n) is 3.54. The van der Waals surface area contributed by atoms with Gasteiger partial charge in [0.2, 0.25) is 0 Å². The lowest BCUT2D eigenvalue weighted by atomic mass is 10.1. The van der Waals surface area contributed by atoms with Gasteiger partial charge in [-0.05, 0) is 35.6 Å². The van der Waals surface area contributed by atoms with E-state index in [4.69, 9.17) is 0 Å². The summed E-state index contributed by atoms with van der Waals surface area (Å²) in [5.74, 6) is 0. The summed E-state index contributed by atoms with van der Waals surface area (Å²) in [5, 5.41) is 0. The molecule has 0 amide bonds. The standard InChI is InChI=1S/C14H14/c1-3-4-8-13-11(2)10-12-7-5-6-9-14(12)13/h3-9H,2,10H2,1H3/b4-3-,13-8+. The Kier molecular flexibility index (Phi) is 2.36. The van der Waals surface area contributed by atoms with E-state index in [0.717, 1.165) is 6.42 Å². The van der Waals surface area contributed by atoms with Crippen LogP contribution in [0, 0.1) is 0 Å². The number of hydrogen-bond acceptors (Lipinski definition) is 0. The molecule has 0 spiro atoms. The van der Waals surface area contributed by atoms with Gasteiger partial charge < -0.3 is 0 Å². The largest absolute Gasteiger partial charge is 0.0949 e. The highest BCUT2D eigenvalue weighted by molar-refractivity contribution is 5.86. The maximum Gasteiger partial charge on any atom is -0.00193 e. The van der Waals surface area contributed by atoms with E-state index < -0.39 is 0 Å². The zero-order chi connectivity index (χ0) is 9.97. The average Bonchev–Trinajstić information content (AvgIpc) is 2.51. The second-order valence-corrected chi connectivity index (χ2v) is 3.54. The Labute approximate surface area is 85.3 Å². The Morgan fingerprint density at radius 3 is 2.86 bits per heavy atom. The third kappa shape index (κ3) is 1.44. The first-order valence-corrected chi connectivity index (χ1v) is 4.92. The molecule has 0 radical (unpaired) electrons. The Bertz CT molecular complexity index is 419. The van der Waals surface area contributed by atoms with E-state index in [1.54, 1.807) is 0 Å². The summed E-state index contributed by atoms with van der Waals surface area (Å²) in [7, 11) is 0. The molecule has 0 aliphatic heterocycles. The predicted molar refractivity (Wildman–Crippen MR) is 62.1 cm³/mol. The fraction of sp³-hybridized carbons (Fsp3) is 0.143. The Balaban J connectivity index is 2.49. The predicted octanol–water partition coefficient (Wildman–Crippen LogP) is 3.76. The lowest BCUT2D eigenvalue weighted by Crippen LogP contribution is -1.78. The van der Waals surface area contributed by atoms with Crippen LogP contribution in [0.5, 0.6) is 0 Å². The first kappa shape index (κ1) is 9.01. The molecule has 70 valence electrons. The van der Waals surface area contributed by atoms with Gasteiger partial charge in [0.15, 0.2) is 0 Å². The fourth-order valence-electron chi connectivity index (χ4n) is 1.85. The van der Waals surface area contributed by atoms with Crippen LogP contribution in [-0.4, -0.2) is 0 Å². The number of fused-ring (bicyclic) bond motifs is 1. The SMILES string of the molecule is C=C1Cc2ccccc2/C1=C/C=C\C. The molecule has 0 aromatic heterocycles. The molecular weight excluding hydrogens is 168 g/mol. The summed E-state index contributed by atoms with van der Waals surface area (Å²) in [6.45, 7) is 6.13. The summed E-state index contributed by atoms with van der Waals surface area (Å²) in [6.07, 6.45) is 7.26. The van der Waals surface area contributed by atoms with Crippen LogP contribution in [0.15, 0.2) is 54.6 Å². The molecule has 1 aliphatic rings. The molecule has 0 fully saturated rings. The Morgan fingerprint density at radius 1 is 1.29 bits per heavy atom. The lowest BCUT2D eigenvalue weighted by molar-refractivity contribution is 1.28. The van der Waals surface area contributed by atoms with Crippen LogP contribution in [0.25, 0.3) is 5.57 Å². The average molecular weight is 182 g/mol. The summed E-state index contributed by atoms with van der Waals surface area (Å²) in [4.78, 5) is 0. The van der Waals surface area contributed by atoms with Gasteiger partial charge in [0.05, 0.1) is 0 Å². The van der Waals surface area contributed by atoms with Crippen LogP contribution in [-0.2, 0) is 6.42 Å². The van der Waals surface area contributed by atoms with Crippen LogP contribution in [0.3, 0.4) is 0 Å². The number of rotatable bonds is 1. The van der Waals surface area contributed by atoms with Crippen LogP contribution < -0.4 is 0 Å². The van der Waals surface area contributed by atoms with Gasteiger partial charge in [-0.1, -0.05) is 49.1 Å². The lowest BCUT2D eigenvalue weighted by Gasteiger charge is -1.98. The molecule has 0 nitrogen and oxygen atoms in total. The molecule has 0 bridgehead atoms.